The first-order chi connectivity index (χ1) is 6.43. The zero-order valence-electron chi connectivity index (χ0n) is 7.49. The molecule has 0 nitrogen and oxygen atoms in total. The SMILES string of the molecule is FCC/C=C/C=C/c1ccccc1. The molecule has 0 atom stereocenters. The summed E-state index contributed by atoms with van der Waals surface area (Å²) in [7, 11) is 0. The van der Waals surface area contributed by atoms with Crippen molar-refractivity contribution >= 4 is 6.08 Å². The normalized spacial score (nSPS) is 11.5. The molecular formula is C12H13F. The van der Waals surface area contributed by atoms with Crippen LogP contribution < -0.4 is 0 Å². The minimum absolute atomic E-state index is 0.282. The molecule has 68 valence electrons. The molecule has 0 saturated heterocycles. The van der Waals surface area contributed by atoms with Gasteiger partial charge < -0.3 is 0 Å². The second kappa shape index (κ2) is 6.18. The second-order valence-electron chi connectivity index (χ2n) is 2.68. The lowest BCUT2D eigenvalue weighted by atomic mass is 10.2. The first kappa shape index (κ1) is 9.72. The molecule has 0 spiro atoms. The largest absolute Gasteiger partial charge is 0.251 e. The number of hydrogen-bond acceptors (Lipinski definition) is 0. The van der Waals surface area contributed by atoms with E-state index in [9.17, 15) is 4.39 Å². The summed E-state index contributed by atoms with van der Waals surface area (Å²) < 4.78 is 11.7. The van der Waals surface area contributed by atoms with Crippen LogP contribution in [0, 0.1) is 0 Å². The van der Waals surface area contributed by atoms with E-state index in [0.717, 1.165) is 5.56 Å². The van der Waals surface area contributed by atoms with Gasteiger partial charge in [0.1, 0.15) is 0 Å². The fraction of sp³-hybridized carbons (Fsp3) is 0.167. The third-order valence-corrected chi connectivity index (χ3v) is 1.61. The van der Waals surface area contributed by atoms with Crippen LogP contribution in [0.3, 0.4) is 0 Å². The van der Waals surface area contributed by atoms with Crippen LogP contribution in [0.4, 0.5) is 4.39 Å². The molecule has 1 rings (SSSR count). The third-order valence-electron chi connectivity index (χ3n) is 1.61. The van der Waals surface area contributed by atoms with E-state index in [1.54, 1.807) is 0 Å². The zero-order chi connectivity index (χ0) is 9.36. The summed E-state index contributed by atoms with van der Waals surface area (Å²) in [5.74, 6) is 0. The Morgan fingerprint density at radius 2 is 1.85 bits per heavy atom. The number of benzene rings is 1. The van der Waals surface area contributed by atoms with Crippen molar-refractivity contribution in [2.45, 2.75) is 6.42 Å². The first-order valence-electron chi connectivity index (χ1n) is 4.37. The molecule has 0 N–H and O–H groups in total. The van der Waals surface area contributed by atoms with Crippen molar-refractivity contribution in [3.05, 3.63) is 54.1 Å². The minimum Gasteiger partial charge on any atom is -0.251 e. The van der Waals surface area contributed by atoms with Crippen molar-refractivity contribution in [2.24, 2.45) is 0 Å². The van der Waals surface area contributed by atoms with Crippen LogP contribution in [0.15, 0.2) is 48.6 Å². The Hall–Kier alpha value is -1.37. The van der Waals surface area contributed by atoms with Gasteiger partial charge in [0.2, 0.25) is 0 Å². The molecule has 0 heterocycles. The molecule has 0 unspecified atom stereocenters. The molecule has 0 radical (unpaired) electrons. The van der Waals surface area contributed by atoms with Crippen molar-refractivity contribution in [3.8, 4) is 0 Å². The molecule has 0 aliphatic heterocycles. The summed E-state index contributed by atoms with van der Waals surface area (Å²) in [6, 6.07) is 10.0. The highest BCUT2D eigenvalue weighted by Gasteiger charge is 1.79. The van der Waals surface area contributed by atoms with Gasteiger partial charge in [-0.3, -0.25) is 4.39 Å². The Labute approximate surface area is 78.4 Å². The van der Waals surface area contributed by atoms with Crippen LogP contribution in [0.25, 0.3) is 6.08 Å². The predicted octanol–water partition coefficient (Wildman–Crippen LogP) is 3.62. The van der Waals surface area contributed by atoms with Crippen molar-refractivity contribution < 1.29 is 4.39 Å². The minimum atomic E-state index is -0.282. The Bertz CT molecular complexity index is 272. The van der Waals surface area contributed by atoms with E-state index in [2.05, 4.69) is 0 Å². The van der Waals surface area contributed by atoms with Crippen LogP contribution in [0.1, 0.15) is 12.0 Å². The number of alkyl halides is 1. The van der Waals surface area contributed by atoms with Gasteiger partial charge in [-0.15, -0.1) is 0 Å². The molecule has 0 amide bonds. The summed E-state index contributed by atoms with van der Waals surface area (Å²) in [4.78, 5) is 0. The Balaban J connectivity index is 2.41. The summed E-state index contributed by atoms with van der Waals surface area (Å²) >= 11 is 0. The van der Waals surface area contributed by atoms with Gasteiger partial charge in [0.05, 0.1) is 6.67 Å². The molecule has 1 aromatic rings. The third kappa shape index (κ3) is 4.26. The van der Waals surface area contributed by atoms with Crippen molar-refractivity contribution in [1.82, 2.24) is 0 Å². The van der Waals surface area contributed by atoms with Crippen molar-refractivity contribution in [2.75, 3.05) is 6.67 Å². The van der Waals surface area contributed by atoms with Gasteiger partial charge in [-0.2, -0.15) is 0 Å². The molecule has 0 bridgehead atoms. The van der Waals surface area contributed by atoms with Crippen LogP contribution in [-0.4, -0.2) is 6.67 Å². The Morgan fingerprint density at radius 1 is 1.08 bits per heavy atom. The van der Waals surface area contributed by atoms with Gasteiger partial charge >= 0.3 is 0 Å². The Kier molecular flexibility index (Phi) is 4.62. The topological polar surface area (TPSA) is 0 Å². The standard InChI is InChI=1S/C12H13F/c13-11-7-2-1-4-8-12-9-5-3-6-10-12/h1-6,8-10H,7,11H2/b2-1+,8-4+. The predicted molar refractivity (Wildman–Crippen MR) is 55.2 cm³/mol. The molecule has 0 fully saturated rings. The van der Waals surface area contributed by atoms with E-state index in [0.29, 0.717) is 6.42 Å². The fourth-order valence-corrected chi connectivity index (χ4v) is 0.969. The average molecular weight is 176 g/mol. The van der Waals surface area contributed by atoms with Gasteiger partial charge in [0.15, 0.2) is 0 Å². The maximum Gasteiger partial charge on any atom is 0.0928 e. The van der Waals surface area contributed by atoms with Gasteiger partial charge in [-0.25, -0.2) is 0 Å². The van der Waals surface area contributed by atoms with Crippen molar-refractivity contribution in [3.63, 3.8) is 0 Å². The van der Waals surface area contributed by atoms with E-state index in [4.69, 9.17) is 0 Å². The number of allylic oxidation sites excluding steroid dienone is 3. The maximum atomic E-state index is 11.7. The fourth-order valence-electron chi connectivity index (χ4n) is 0.969. The van der Waals surface area contributed by atoms with E-state index in [-0.39, 0.29) is 6.67 Å². The Morgan fingerprint density at radius 3 is 2.54 bits per heavy atom. The molecular weight excluding hydrogens is 163 g/mol. The first-order valence-corrected chi connectivity index (χ1v) is 4.37. The molecule has 0 aliphatic rings. The van der Waals surface area contributed by atoms with E-state index < -0.39 is 0 Å². The van der Waals surface area contributed by atoms with Gasteiger partial charge in [0.25, 0.3) is 0 Å². The van der Waals surface area contributed by atoms with E-state index in [1.807, 2.05) is 54.6 Å². The number of hydrogen-bond donors (Lipinski definition) is 0. The average Bonchev–Trinajstić information content (AvgIpc) is 2.19. The highest BCUT2D eigenvalue weighted by atomic mass is 19.1. The zero-order valence-corrected chi connectivity index (χ0v) is 7.49. The molecule has 13 heavy (non-hydrogen) atoms. The van der Waals surface area contributed by atoms with Crippen LogP contribution in [0.2, 0.25) is 0 Å². The van der Waals surface area contributed by atoms with Crippen LogP contribution in [0.5, 0.6) is 0 Å². The molecule has 0 aliphatic carbocycles. The maximum absolute atomic E-state index is 11.7. The molecule has 0 aromatic heterocycles. The number of halogens is 1. The smallest absolute Gasteiger partial charge is 0.0928 e. The quantitative estimate of drug-likeness (QED) is 0.615. The van der Waals surface area contributed by atoms with E-state index >= 15 is 0 Å². The lowest BCUT2D eigenvalue weighted by Gasteiger charge is -1.88. The van der Waals surface area contributed by atoms with E-state index in [1.165, 1.54) is 0 Å². The van der Waals surface area contributed by atoms with Crippen molar-refractivity contribution in [1.29, 1.82) is 0 Å². The lowest BCUT2D eigenvalue weighted by Crippen LogP contribution is -1.68. The number of rotatable bonds is 4. The lowest BCUT2D eigenvalue weighted by molar-refractivity contribution is 0.501. The van der Waals surface area contributed by atoms with Crippen LogP contribution in [-0.2, 0) is 0 Å². The van der Waals surface area contributed by atoms with Gasteiger partial charge in [-0.05, 0) is 12.0 Å². The molecule has 1 heteroatoms. The summed E-state index contributed by atoms with van der Waals surface area (Å²) in [5.41, 5.74) is 1.16. The highest BCUT2D eigenvalue weighted by Crippen LogP contribution is 2.00. The molecule has 1 aromatic carbocycles. The summed E-state index contributed by atoms with van der Waals surface area (Å²) in [5, 5.41) is 0. The molecule has 0 saturated carbocycles. The summed E-state index contributed by atoms with van der Waals surface area (Å²) in [6.45, 7) is -0.282. The van der Waals surface area contributed by atoms with Crippen LogP contribution >= 0.6 is 0 Å². The summed E-state index contributed by atoms with van der Waals surface area (Å²) in [6.07, 6.45) is 8.10. The van der Waals surface area contributed by atoms with Gasteiger partial charge in [-0.1, -0.05) is 54.6 Å². The second-order valence-corrected chi connectivity index (χ2v) is 2.68. The van der Waals surface area contributed by atoms with Gasteiger partial charge in [0, 0.05) is 0 Å². The monoisotopic (exact) mass is 176 g/mol. The highest BCUT2D eigenvalue weighted by molar-refractivity contribution is 5.50.